The Morgan fingerprint density at radius 1 is 0.556 bits per heavy atom. The first kappa shape index (κ1) is 23.4. The van der Waals surface area contributed by atoms with Crippen LogP contribution in [0.3, 0.4) is 0 Å². The van der Waals surface area contributed by atoms with Crippen LogP contribution in [0.25, 0.3) is 57.3 Å². The van der Waals surface area contributed by atoms with Gasteiger partial charge in [-0.05, 0) is 85.0 Å². The number of nitrogens with zero attached hydrogens (tertiary/aromatic N) is 2. The first-order valence-corrected chi connectivity index (χ1v) is 11.2. The number of para-hydroxylation sites is 1. The quantitative estimate of drug-likeness (QED) is 0.177. The van der Waals surface area contributed by atoms with E-state index in [0.29, 0.717) is 5.58 Å². The molecule has 1 aromatic carbocycles. The van der Waals surface area contributed by atoms with Gasteiger partial charge in [0.05, 0.1) is 22.8 Å². The average molecular weight is 522 g/mol. The Balaban J connectivity index is 0.000000188. The van der Waals surface area contributed by atoms with Gasteiger partial charge in [-0.3, -0.25) is 0 Å². The van der Waals surface area contributed by atoms with E-state index in [2.05, 4.69) is 44.2 Å². The molecule has 5 aromatic rings. The Morgan fingerprint density at radius 2 is 1.00 bits per heavy atom. The molecule has 0 radical (unpaired) electrons. The van der Waals surface area contributed by atoms with Crippen LogP contribution in [-0.4, -0.2) is 19.9 Å². The summed E-state index contributed by atoms with van der Waals surface area (Å²) in [5, 5.41) is 0.951. The minimum Gasteiger partial charge on any atom is -0.423 e. The van der Waals surface area contributed by atoms with E-state index in [1.165, 1.54) is 6.07 Å². The third-order valence-electron chi connectivity index (χ3n) is 5.57. The SMILES string of the molecule is C1=Cc2cc3ccc(cc4nc(cc5ccc(cc1n2)[nH]5)C=C4)[nH]3.O=c1ccc2ccccc2o1.[Zn]. The predicted octanol–water partition coefficient (Wildman–Crippen LogP) is 6.45. The number of aromatic amines is 2. The van der Waals surface area contributed by atoms with E-state index >= 15 is 0 Å². The number of fused-ring (bicyclic) bond motifs is 9. The van der Waals surface area contributed by atoms with Crippen molar-refractivity contribution >= 4 is 57.3 Å². The Kier molecular flexibility index (Phi) is 6.57. The predicted molar refractivity (Wildman–Crippen MR) is 141 cm³/mol. The Hall–Kier alpha value is -4.35. The summed E-state index contributed by atoms with van der Waals surface area (Å²) >= 11 is 0. The van der Waals surface area contributed by atoms with Gasteiger partial charge in [0.1, 0.15) is 5.58 Å². The van der Waals surface area contributed by atoms with E-state index in [1.54, 1.807) is 12.1 Å². The maximum absolute atomic E-state index is 10.7. The summed E-state index contributed by atoms with van der Waals surface area (Å²) in [5.41, 5.74) is 8.20. The van der Waals surface area contributed by atoms with Crippen LogP contribution in [0.4, 0.5) is 0 Å². The van der Waals surface area contributed by atoms with Gasteiger partial charge in [-0.25, -0.2) is 14.8 Å². The molecule has 6 heterocycles. The molecule has 170 valence electrons. The van der Waals surface area contributed by atoms with Crippen LogP contribution in [0.5, 0.6) is 0 Å². The maximum Gasteiger partial charge on any atom is 0.336 e. The van der Waals surface area contributed by atoms with E-state index in [0.717, 1.165) is 50.2 Å². The molecule has 36 heavy (non-hydrogen) atoms. The van der Waals surface area contributed by atoms with Gasteiger partial charge >= 0.3 is 5.63 Å². The van der Waals surface area contributed by atoms with Crippen LogP contribution in [0.2, 0.25) is 0 Å². The van der Waals surface area contributed by atoms with Gasteiger partial charge in [0, 0.05) is 53.0 Å². The van der Waals surface area contributed by atoms with Crippen LogP contribution in [0, 0.1) is 0 Å². The molecule has 2 aliphatic heterocycles. The molecule has 2 aliphatic rings. The molecule has 0 fully saturated rings. The Labute approximate surface area is 218 Å². The number of benzene rings is 1. The number of hydrogen-bond acceptors (Lipinski definition) is 4. The van der Waals surface area contributed by atoms with Crippen LogP contribution >= 0.6 is 0 Å². The Morgan fingerprint density at radius 3 is 1.47 bits per heavy atom. The van der Waals surface area contributed by atoms with Crippen molar-refractivity contribution < 1.29 is 23.9 Å². The number of hydrogen-bond donors (Lipinski definition) is 2. The second-order valence-electron chi connectivity index (χ2n) is 8.20. The smallest absolute Gasteiger partial charge is 0.336 e. The fourth-order valence-corrected chi connectivity index (χ4v) is 3.95. The fourth-order valence-electron chi connectivity index (χ4n) is 3.95. The zero-order valence-corrected chi connectivity index (χ0v) is 22.3. The summed E-state index contributed by atoms with van der Waals surface area (Å²) in [6.07, 6.45) is 8.09. The second-order valence-corrected chi connectivity index (χ2v) is 8.20. The van der Waals surface area contributed by atoms with E-state index in [1.807, 2.05) is 66.8 Å². The van der Waals surface area contributed by atoms with E-state index in [4.69, 9.17) is 4.42 Å². The topological polar surface area (TPSA) is 87.6 Å². The molecule has 6 nitrogen and oxygen atoms in total. The van der Waals surface area contributed by atoms with Gasteiger partial charge in [0.15, 0.2) is 0 Å². The normalized spacial score (nSPS) is 11.6. The number of nitrogens with one attached hydrogen (secondary N) is 2. The van der Waals surface area contributed by atoms with Crippen molar-refractivity contribution in [2.75, 3.05) is 0 Å². The monoisotopic (exact) mass is 520 g/mol. The molecule has 0 unspecified atom stereocenters. The third kappa shape index (κ3) is 5.32. The molecule has 0 spiro atoms. The minimum absolute atomic E-state index is 0. The summed E-state index contributed by atoms with van der Waals surface area (Å²) in [5.74, 6) is 0. The standard InChI is InChI=1S/C20H14N4.C9H6O2.Zn/c1-2-14-10-16-5-6-18(23-16)12-20-8-7-19(24-20)11-17-4-3-15(22-17)9-13(1)21-14;10-9-6-5-7-3-1-2-4-8(7)11-9;/h1-12,21,24H;1-6H;. The van der Waals surface area contributed by atoms with Crippen molar-refractivity contribution in [3.05, 3.63) is 118 Å². The van der Waals surface area contributed by atoms with Gasteiger partial charge in [-0.15, -0.1) is 0 Å². The summed E-state index contributed by atoms with van der Waals surface area (Å²) in [6.45, 7) is 0. The molecule has 7 heteroatoms. The van der Waals surface area contributed by atoms with Crippen LogP contribution < -0.4 is 5.63 Å². The van der Waals surface area contributed by atoms with Crippen molar-refractivity contribution in [3.63, 3.8) is 0 Å². The van der Waals surface area contributed by atoms with Crippen LogP contribution in [0.1, 0.15) is 22.8 Å². The van der Waals surface area contributed by atoms with Crippen molar-refractivity contribution in [1.29, 1.82) is 0 Å². The summed E-state index contributed by atoms with van der Waals surface area (Å²) in [7, 11) is 0. The van der Waals surface area contributed by atoms with Gasteiger partial charge < -0.3 is 14.4 Å². The molecule has 0 saturated heterocycles. The first-order valence-electron chi connectivity index (χ1n) is 11.2. The van der Waals surface area contributed by atoms with E-state index in [9.17, 15) is 4.79 Å². The molecular formula is C29H20N4O2Zn. The van der Waals surface area contributed by atoms with Gasteiger partial charge in [-0.2, -0.15) is 0 Å². The second kappa shape index (κ2) is 10.1. The van der Waals surface area contributed by atoms with Crippen molar-refractivity contribution in [2.24, 2.45) is 0 Å². The van der Waals surface area contributed by atoms with Crippen LogP contribution in [-0.2, 0) is 19.5 Å². The molecule has 0 saturated carbocycles. The largest absolute Gasteiger partial charge is 0.423 e. The Bertz CT molecular complexity index is 1670. The minimum atomic E-state index is -0.302. The summed E-state index contributed by atoms with van der Waals surface area (Å²) < 4.78 is 4.91. The molecule has 0 amide bonds. The van der Waals surface area contributed by atoms with Gasteiger partial charge in [0.2, 0.25) is 0 Å². The van der Waals surface area contributed by atoms with Gasteiger partial charge in [0.25, 0.3) is 0 Å². The number of rotatable bonds is 0. The zero-order valence-electron chi connectivity index (χ0n) is 19.3. The molecule has 8 bridgehead atoms. The van der Waals surface area contributed by atoms with Crippen molar-refractivity contribution in [2.45, 2.75) is 0 Å². The third-order valence-corrected chi connectivity index (χ3v) is 5.57. The van der Waals surface area contributed by atoms with Crippen molar-refractivity contribution in [3.8, 4) is 0 Å². The van der Waals surface area contributed by atoms with Crippen molar-refractivity contribution in [1.82, 2.24) is 19.9 Å². The van der Waals surface area contributed by atoms with Crippen LogP contribution in [0.15, 0.2) is 94.1 Å². The number of aromatic nitrogens is 4. The average Bonchev–Trinajstić information content (AvgIpc) is 3.66. The maximum atomic E-state index is 10.7. The van der Waals surface area contributed by atoms with E-state index in [-0.39, 0.29) is 25.1 Å². The molecule has 0 atom stereocenters. The molecule has 7 rings (SSSR count). The zero-order chi connectivity index (χ0) is 23.6. The first-order chi connectivity index (χ1) is 17.2. The van der Waals surface area contributed by atoms with E-state index < -0.39 is 0 Å². The molecule has 2 N–H and O–H groups in total. The fraction of sp³-hybridized carbons (Fsp3) is 0. The summed E-state index contributed by atoms with van der Waals surface area (Å²) in [6, 6.07) is 27.0. The molecule has 0 aliphatic carbocycles. The molecular weight excluding hydrogens is 502 g/mol. The number of H-pyrrole nitrogens is 2. The summed E-state index contributed by atoms with van der Waals surface area (Å²) in [4.78, 5) is 26.7. The molecule has 4 aromatic heterocycles. The van der Waals surface area contributed by atoms with Gasteiger partial charge in [-0.1, -0.05) is 18.2 Å².